The van der Waals surface area contributed by atoms with Gasteiger partial charge in [0.2, 0.25) is 0 Å². The first kappa shape index (κ1) is 11.6. The minimum absolute atomic E-state index is 0.815. The Kier molecular flexibility index (Phi) is 3.59. The lowest BCUT2D eigenvalue weighted by molar-refractivity contribution is -0.911. The van der Waals surface area contributed by atoms with Crippen molar-refractivity contribution in [1.82, 2.24) is 4.90 Å². The molecule has 1 unspecified atom stereocenters. The van der Waals surface area contributed by atoms with Crippen molar-refractivity contribution >= 4 is 0 Å². The first-order chi connectivity index (χ1) is 6.51. The predicted octanol–water partition coefficient (Wildman–Crippen LogP) is 2.08. The molecular formula is C12H25N2+. The first-order valence-corrected chi connectivity index (χ1v) is 5.71. The maximum Gasteiger partial charge on any atom is 0.108 e. The second-order valence-electron chi connectivity index (χ2n) is 4.91. The zero-order chi connectivity index (χ0) is 10.8. The quantitative estimate of drug-likeness (QED) is 0.626. The highest BCUT2D eigenvalue weighted by Gasteiger charge is 2.33. The van der Waals surface area contributed by atoms with Crippen LogP contribution in [0.4, 0.5) is 0 Å². The first-order valence-electron chi connectivity index (χ1n) is 5.71. The van der Waals surface area contributed by atoms with E-state index in [9.17, 15) is 0 Å². The lowest BCUT2D eigenvalue weighted by Crippen LogP contribution is -2.49. The van der Waals surface area contributed by atoms with Gasteiger partial charge in [0.1, 0.15) is 6.04 Å². The third-order valence-corrected chi connectivity index (χ3v) is 3.88. The van der Waals surface area contributed by atoms with Crippen LogP contribution in [0.3, 0.4) is 0 Å². The van der Waals surface area contributed by atoms with Crippen molar-refractivity contribution in [3.05, 3.63) is 11.8 Å². The summed E-state index contributed by atoms with van der Waals surface area (Å²) in [5, 5.41) is 0. The van der Waals surface area contributed by atoms with E-state index in [1.807, 2.05) is 0 Å². The van der Waals surface area contributed by atoms with E-state index < -0.39 is 0 Å². The number of allylic oxidation sites excluding steroid dienone is 2. The van der Waals surface area contributed by atoms with E-state index in [4.69, 9.17) is 0 Å². The van der Waals surface area contributed by atoms with Crippen LogP contribution < -0.4 is 0 Å². The number of nitrogens with zero attached hydrogens (tertiary/aromatic N) is 2. The molecular weight excluding hydrogens is 172 g/mol. The van der Waals surface area contributed by atoms with Crippen molar-refractivity contribution in [2.75, 3.05) is 33.7 Å². The van der Waals surface area contributed by atoms with Gasteiger partial charge in [0.25, 0.3) is 0 Å². The molecule has 0 aromatic rings. The van der Waals surface area contributed by atoms with Crippen LogP contribution in [0.25, 0.3) is 0 Å². The van der Waals surface area contributed by atoms with Crippen LogP contribution in [0.2, 0.25) is 0 Å². The summed E-state index contributed by atoms with van der Waals surface area (Å²) in [6.07, 6.45) is 3.56. The van der Waals surface area contributed by atoms with E-state index in [0.717, 1.165) is 10.5 Å². The maximum atomic E-state index is 2.51. The second kappa shape index (κ2) is 4.35. The number of likely N-dealkylation sites (tertiary alicyclic amines) is 1. The molecule has 1 atom stereocenters. The van der Waals surface area contributed by atoms with Crippen LogP contribution in [0.5, 0.6) is 0 Å². The highest BCUT2D eigenvalue weighted by Crippen LogP contribution is 2.22. The molecule has 14 heavy (non-hydrogen) atoms. The molecule has 1 heterocycles. The number of hydrogen-bond donors (Lipinski definition) is 0. The minimum atomic E-state index is 0.815. The molecule has 2 nitrogen and oxygen atoms in total. The summed E-state index contributed by atoms with van der Waals surface area (Å²) in [5.41, 5.74) is 1.43. The van der Waals surface area contributed by atoms with Gasteiger partial charge in [-0.2, -0.15) is 0 Å². The smallest absolute Gasteiger partial charge is 0.108 e. The lowest BCUT2D eigenvalue weighted by Gasteiger charge is -2.35. The Morgan fingerprint density at radius 1 is 1.50 bits per heavy atom. The Balaban J connectivity index is 2.57. The Labute approximate surface area is 88.8 Å². The molecule has 0 N–H and O–H groups in total. The van der Waals surface area contributed by atoms with Crippen molar-refractivity contribution in [1.29, 1.82) is 0 Å². The highest BCUT2D eigenvalue weighted by atomic mass is 15.4. The predicted molar refractivity (Wildman–Crippen MR) is 62.1 cm³/mol. The number of rotatable bonds is 3. The molecule has 0 saturated carbocycles. The standard InChI is InChI=1S/C12H25N2/c1-6-11(3)13-9-8-12(10-13)14(4,5)7-2/h6,12H,7-10H2,1-5H3/q+1/b11-6+. The molecule has 0 aromatic heterocycles. The van der Waals surface area contributed by atoms with Crippen LogP contribution in [0.1, 0.15) is 27.2 Å². The zero-order valence-corrected chi connectivity index (χ0v) is 10.4. The van der Waals surface area contributed by atoms with Crippen LogP contribution in [0.15, 0.2) is 11.8 Å². The zero-order valence-electron chi connectivity index (χ0n) is 10.4. The fourth-order valence-electron chi connectivity index (χ4n) is 2.07. The molecule has 2 heteroatoms. The van der Waals surface area contributed by atoms with Gasteiger partial charge in [-0.3, -0.25) is 0 Å². The summed E-state index contributed by atoms with van der Waals surface area (Å²) >= 11 is 0. The monoisotopic (exact) mass is 197 g/mol. The number of quaternary nitrogens is 1. The van der Waals surface area contributed by atoms with Crippen LogP contribution in [0, 0.1) is 0 Å². The summed E-state index contributed by atoms with van der Waals surface area (Å²) in [7, 11) is 4.69. The van der Waals surface area contributed by atoms with E-state index in [-0.39, 0.29) is 0 Å². The molecule has 1 aliphatic rings. The SMILES string of the molecule is C/C=C(\C)N1CCC([N+](C)(C)CC)C1. The third kappa shape index (κ3) is 2.30. The van der Waals surface area contributed by atoms with Gasteiger partial charge in [0, 0.05) is 18.7 Å². The Bertz CT molecular complexity index is 218. The molecule has 0 radical (unpaired) electrons. The highest BCUT2D eigenvalue weighted by molar-refractivity contribution is 4.98. The van der Waals surface area contributed by atoms with Gasteiger partial charge in [0.15, 0.2) is 0 Å². The van der Waals surface area contributed by atoms with Crippen LogP contribution in [-0.2, 0) is 0 Å². The Morgan fingerprint density at radius 2 is 2.14 bits per heavy atom. The largest absolute Gasteiger partial charge is 0.369 e. The molecule has 0 spiro atoms. The van der Waals surface area contributed by atoms with Crippen molar-refractivity contribution in [2.24, 2.45) is 0 Å². The normalized spacial score (nSPS) is 24.5. The van der Waals surface area contributed by atoms with Gasteiger partial charge in [-0.25, -0.2) is 0 Å². The fourth-order valence-corrected chi connectivity index (χ4v) is 2.07. The van der Waals surface area contributed by atoms with Crippen LogP contribution in [-0.4, -0.2) is 49.2 Å². The van der Waals surface area contributed by atoms with Crippen molar-refractivity contribution in [3.8, 4) is 0 Å². The second-order valence-corrected chi connectivity index (χ2v) is 4.91. The van der Waals surface area contributed by atoms with Gasteiger partial charge >= 0.3 is 0 Å². The van der Waals surface area contributed by atoms with Crippen molar-refractivity contribution < 1.29 is 4.48 Å². The summed E-state index contributed by atoms with van der Waals surface area (Å²) in [4.78, 5) is 2.51. The van der Waals surface area contributed by atoms with E-state index in [2.05, 4.69) is 45.8 Å². The summed E-state index contributed by atoms with van der Waals surface area (Å²) in [5.74, 6) is 0. The molecule has 1 rings (SSSR count). The topological polar surface area (TPSA) is 3.24 Å². The van der Waals surface area contributed by atoms with Gasteiger partial charge in [0.05, 0.1) is 27.2 Å². The van der Waals surface area contributed by atoms with Gasteiger partial charge in [-0.15, -0.1) is 0 Å². The molecule has 0 aromatic carbocycles. The summed E-state index contributed by atoms with van der Waals surface area (Å²) in [6, 6.07) is 0.815. The van der Waals surface area contributed by atoms with E-state index in [0.29, 0.717) is 0 Å². The average Bonchev–Trinajstić information content (AvgIpc) is 2.66. The van der Waals surface area contributed by atoms with Crippen molar-refractivity contribution in [2.45, 2.75) is 33.2 Å². The van der Waals surface area contributed by atoms with E-state index in [1.165, 1.54) is 31.8 Å². The molecule has 1 fully saturated rings. The average molecular weight is 197 g/mol. The van der Waals surface area contributed by atoms with Gasteiger partial charge in [-0.05, 0) is 20.8 Å². The van der Waals surface area contributed by atoms with Gasteiger partial charge < -0.3 is 9.38 Å². The molecule has 1 aliphatic heterocycles. The summed E-state index contributed by atoms with van der Waals surface area (Å²) in [6.45, 7) is 10.3. The van der Waals surface area contributed by atoms with Crippen molar-refractivity contribution in [3.63, 3.8) is 0 Å². The van der Waals surface area contributed by atoms with Crippen LogP contribution >= 0.6 is 0 Å². The van der Waals surface area contributed by atoms with E-state index in [1.54, 1.807) is 0 Å². The molecule has 1 saturated heterocycles. The lowest BCUT2D eigenvalue weighted by atomic mass is 10.2. The molecule has 0 amide bonds. The molecule has 82 valence electrons. The third-order valence-electron chi connectivity index (χ3n) is 3.88. The Morgan fingerprint density at radius 3 is 2.64 bits per heavy atom. The minimum Gasteiger partial charge on any atom is -0.369 e. The number of likely N-dealkylation sites (N-methyl/N-ethyl adjacent to an activating group) is 1. The Hall–Kier alpha value is -0.500. The summed E-state index contributed by atoms with van der Waals surface area (Å²) < 4.78 is 1.16. The van der Waals surface area contributed by atoms with Gasteiger partial charge in [-0.1, -0.05) is 6.08 Å². The maximum absolute atomic E-state index is 2.51. The fraction of sp³-hybridized carbons (Fsp3) is 0.833. The number of hydrogen-bond acceptors (Lipinski definition) is 1. The molecule has 0 bridgehead atoms. The van der Waals surface area contributed by atoms with E-state index >= 15 is 0 Å². The molecule has 0 aliphatic carbocycles.